The smallest absolute Gasteiger partial charge is 1.00 e. The summed E-state index contributed by atoms with van der Waals surface area (Å²) in [6.45, 7) is 4.41. The van der Waals surface area contributed by atoms with Crippen LogP contribution in [0.25, 0.3) is 0 Å². The molecule has 170 valence electrons. The Morgan fingerprint density at radius 3 is 1.03 bits per heavy atom. The van der Waals surface area contributed by atoms with Gasteiger partial charge in [0.25, 0.3) is 0 Å². The van der Waals surface area contributed by atoms with Crippen molar-refractivity contribution in [2.24, 2.45) is 5.41 Å². The van der Waals surface area contributed by atoms with Gasteiger partial charge < -0.3 is 13.1 Å². The fraction of sp³-hybridized carbons (Fsp3) is 0.917. The van der Waals surface area contributed by atoms with E-state index in [1.807, 2.05) is 0 Å². The molecule has 0 aromatic carbocycles. The van der Waals surface area contributed by atoms with E-state index in [9.17, 15) is 19.8 Å². The SMILES string of the molecule is CCCCCCCCCCCCC(CCCCCCCCC)(C(=O)O)C(=O)O.[Ca+2].[H-].[H-]. The minimum Gasteiger partial charge on any atom is -1.00 e. The van der Waals surface area contributed by atoms with Crippen LogP contribution in [0, 0.1) is 5.41 Å². The van der Waals surface area contributed by atoms with Gasteiger partial charge in [-0.3, -0.25) is 9.59 Å². The van der Waals surface area contributed by atoms with Crippen LogP contribution in [-0.4, -0.2) is 59.9 Å². The van der Waals surface area contributed by atoms with Crippen LogP contribution in [0.3, 0.4) is 0 Å². The minimum atomic E-state index is -1.58. The Morgan fingerprint density at radius 2 is 0.793 bits per heavy atom. The Balaban J connectivity index is -0.00000121. The normalized spacial score (nSPS) is 11.2. The summed E-state index contributed by atoms with van der Waals surface area (Å²) < 4.78 is 0. The van der Waals surface area contributed by atoms with Crippen molar-refractivity contribution in [2.75, 3.05) is 0 Å². The predicted octanol–water partition coefficient (Wildman–Crippen LogP) is 7.44. The van der Waals surface area contributed by atoms with Crippen molar-refractivity contribution >= 4 is 49.7 Å². The summed E-state index contributed by atoms with van der Waals surface area (Å²) in [5, 5.41) is 19.3. The van der Waals surface area contributed by atoms with Crippen LogP contribution in [0.2, 0.25) is 0 Å². The Hall–Kier alpha value is 0.200. The molecule has 29 heavy (non-hydrogen) atoms. The van der Waals surface area contributed by atoms with Crippen molar-refractivity contribution in [3.05, 3.63) is 0 Å². The molecular formula is C24H48CaO4. The van der Waals surface area contributed by atoms with Gasteiger partial charge in [-0.15, -0.1) is 0 Å². The van der Waals surface area contributed by atoms with Crippen LogP contribution in [0.15, 0.2) is 0 Å². The molecule has 0 aliphatic heterocycles. The van der Waals surface area contributed by atoms with Gasteiger partial charge in [-0.05, 0) is 12.8 Å². The van der Waals surface area contributed by atoms with Gasteiger partial charge >= 0.3 is 49.7 Å². The average molecular weight is 441 g/mol. The van der Waals surface area contributed by atoms with Crippen molar-refractivity contribution in [3.8, 4) is 0 Å². The van der Waals surface area contributed by atoms with Crippen LogP contribution < -0.4 is 0 Å². The molecule has 0 aromatic heterocycles. The van der Waals surface area contributed by atoms with E-state index in [1.165, 1.54) is 70.6 Å². The quantitative estimate of drug-likeness (QED) is 0.110. The Kier molecular flexibility index (Phi) is 23.2. The Labute approximate surface area is 212 Å². The summed E-state index contributed by atoms with van der Waals surface area (Å²) in [5.74, 6) is -2.30. The van der Waals surface area contributed by atoms with Crippen LogP contribution in [-0.2, 0) is 9.59 Å². The zero-order valence-electron chi connectivity index (χ0n) is 21.4. The molecule has 4 nitrogen and oxygen atoms in total. The van der Waals surface area contributed by atoms with Gasteiger partial charge in [0.1, 0.15) is 0 Å². The fourth-order valence-corrected chi connectivity index (χ4v) is 3.94. The van der Waals surface area contributed by atoms with Crippen molar-refractivity contribution < 1.29 is 22.7 Å². The molecule has 0 bridgehead atoms. The number of carboxylic acids is 2. The third-order valence-electron chi connectivity index (χ3n) is 5.98. The first-order chi connectivity index (χ1) is 13.5. The Bertz CT molecular complexity index is 395. The Morgan fingerprint density at radius 1 is 0.552 bits per heavy atom. The molecule has 0 heterocycles. The zero-order valence-corrected chi connectivity index (χ0v) is 21.6. The summed E-state index contributed by atoms with van der Waals surface area (Å²) in [7, 11) is 0. The van der Waals surface area contributed by atoms with Gasteiger partial charge in [-0.1, -0.05) is 123 Å². The molecule has 5 heteroatoms. The molecule has 0 amide bonds. The van der Waals surface area contributed by atoms with Gasteiger partial charge in [0.05, 0.1) is 0 Å². The molecule has 0 rings (SSSR count). The largest absolute Gasteiger partial charge is 2.00 e. The predicted molar refractivity (Wildman–Crippen MR) is 125 cm³/mol. The molecule has 0 radical (unpaired) electrons. The van der Waals surface area contributed by atoms with E-state index in [4.69, 9.17) is 0 Å². The number of carboxylic acid groups (broad SMARTS) is 2. The van der Waals surface area contributed by atoms with Gasteiger partial charge in [-0.25, -0.2) is 0 Å². The van der Waals surface area contributed by atoms with Crippen LogP contribution in [0.5, 0.6) is 0 Å². The van der Waals surface area contributed by atoms with Crippen LogP contribution in [0.4, 0.5) is 0 Å². The van der Waals surface area contributed by atoms with E-state index in [0.717, 1.165) is 25.7 Å². The second-order valence-electron chi connectivity index (χ2n) is 8.50. The van der Waals surface area contributed by atoms with E-state index >= 15 is 0 Å². The molecule has 0 aliphatic rings. The molecule has 2 N–H and O–H groups in total. The number of carbonyl (C=O) groups is 2. The fourth-order valence-electron chi connectivity index (χ4n) is 3.94. The summed E-state index contributed by atoms with van der Waals surface area (Å²) >= 11 is 0. The number of aliphatic carboxylic acids is 2. The summed E-state index contributed by atoms with van der Waals surface area (Å²) in [5.41, 5.74) is -1.58. The second kappa shape index (κ2) is 21.4. The summed E-state index contributed by atoms with van der Waals surface area (Å²) in [6.07, 6.45) is 19.7. The molecule has 0 aliphatic carbocycles. The van der Waals surface area contributed by atoms with E-state index < -0.39 is 17.4 Å². The van der Waals surface area contributed by atoms with E-state index in [0.29, 0.717) is 12.8 Å². The maximum atomic E-state index is 11.8. The first-order valence-electron chi connectivity index (χ1n) is 12.0. The third kappa shape index (κ3) is 15.6. The maximum Gasteiger partial charge on any atom is 2.00 e. The molecule has 0 saturated carbocycles. The van der Waals surface area contributed by atoms with Crippen molar-refractivity contribution in [1.29, 1.82) is 0 Å². The van der Waals surface area contributed by atoms with E-state index in [-0.39, 0.29) is 53.4 Å². The van der Waals surface area contributed by atoms with Crippen molar-refractivity contribution in [2.45, 2.75) is 136 Å². The summed E-state index contributed by atoms with van der Waals surface area (Å²) in [6, 6.07) is 0. The average Bonchev–Trinajstić information content (AvgIpc) is 2.66. The monoisotopic (exact) mass is 440 g/mol. The number of hydrogen-bond acceptors (Lipinski definition) is 2. The standard InChI is InChI=1S/C24H46O4.Ca.2H/c1-3-5-7-9-11-12-13-15-17-19-21-24(22(25)26,23(27)28)20-18-16-14-10-8-6-4-2;;;/h3-21H2,1-2H3,(H,25,26)(H,27,28);;;/q;+2;2*-1. The molecule has 0 spiro atoms. The number of hydrogen-bond donors (Lipinski definition) is 2. The van der Waals surface area contributed by atoms with Gasteiger partial charge in [-0.2, -0.15) is 0 Å². The molecular weight excluding hydrogens is 392 g/mol. The maximum absolute atomic E-state index is 11.8. The van der Waals surface area contributed by atoms with E-state index in [2.05, 4.69) is 13.8 Å². The third-order valence-corrected chi connectivity index (χ3v) is 5.98. The van der Waals surface area contributed by atoms with Crippen molar-refractivity contribution in [1.82, 2.24) is 0 Å². The molecule has 0 unspecified atom stereocenters. The molecule has 0 saturated heterocycles. The summed E-state index contributed by atoms with van der Waals surface area (Å²) in [4.78, 5) is 23.6. The van der Waals surface area contributed by atoms with Gasteiger partial charge in [0.15, 0.2) is 5.41 Å². The topological polar surface area (TPSA) is 74.6 Å². The van der Waals surface area contributed by atoms with Crippen LogP contribution >= 0.6 is 0 Å². The van der Waals surface area contributed by atoms with Gasteiger partial charge in [0.2, 0.25) is 0 Å². The first-order valence-corrected chi connectivity index (χ1v) is 12.0. The molecule has 0 aromatic rings. The van der Waals surface area contributed by atoms with Gasteiger partial charge in [0, 0.05) is 0 Å². The first kappa shape index (κ1) is 31.4. The minimum absolute atomic E-state index is 0. The van der Waals surface area contributed by atoms with Crippen molar-refractivity contribution in [3.63, 3.8) is 0 Å². The van der Waals surface area contributed by atoms with E-state index in [1.54, 1.807) is 0 Å². The molecule has 0 fully saturated rings. The van der Waals surface area contributed by atoms with Crippen LogP contribution in [0.1, 0.15) is 139 Å². The zero-order chi connectivity index (χ0) is 21.1. The number of rotatable bonds is 21. The second-order valence-corrected chi connectivity index (χ2v) is 8.50. The molecule has 0 atom stereocenters. The number of unbranched alkanes of at least 4 members (excludes halogenated alkanes) is 15.